The maximum absolute atomic E-state index is 12.5. The number of amides is 1. The van der Waals surface area contributed by atoms with Gasteiger partial charge < -0.3 is 19.9 Å². The van der Waals surface area contributed by atoms with E-state index in [-0.39, 0.29) is 12.0 Å². The zero-order chi connectivity index (χ0) is 19.2. The molecule has 0 unspecified atom stereocenters. The second-order valence-electron chi connectivity index (χ2n) is 7.12. The second-order valence-corrected chi connectivity index (χ2v) is 7.12. The normalized spacial score (nSPS) is 15.0. The number of carbonyl (C=O) groups is 1. The predicted octanol–water partition coefficient (Wildman–Crippen LogP) is 3.87. The minimum Gasteiger partial charge on any atom is -0.491 e. The molecule has 0 aliphatic carbocycles. The average Bonchev–Trinajstić information content (AvgIpc) is 2.68. The fourth-order valence-corrected chi connectivity index (χ4v) is 3.26. The van der Waals surface area contributed by atoms with Gasteiger partial charge in [0.2, 0.25) is 0 Å². The van der Waals surface area contributed by atoms with Gasteiger partial charge in [0.05, 0.1) is 6.10 Å². The molecule has 0 spiro atoms. The number of nitrogens with zero attached hydrogens (tertiary/aromatic N) is 2. The summed E-state index contributed by atoms with van der Waals surface area (Å²) in [5.41, 5.74) is 2.59. The van der Waals surface area contributed by atoms with E-state index in [9.17, 15) is 4.79 Å². The third kappa shape index (κ3) is 5.23. The first-order valence-electron chi connectivity index (χ1n) is 9.70. The molecule has 1 amide bonds. The van der Waals surface area contributed by atoms with E-state index >= 15 is 0 Å². The summed E-state index contributed by atoms with van der Waals surface area (Å²) < 4.78 is 5.66. The number of rotatable bonds is 6. The summed E-state index contributed by atoms with van der Waals surface area (Å²) >= 11 is 0. The summed E-state index contributed by atoms with van der Waals surface area (Å²) in [7, 11) is 0. The van der Waals surface area contributed by atoms with E-state index in [0.29, 0.717) is 11.3 Å². The summed E-state index contributed by atoms with van der Waals surface area (Å²) in [5.74, 6) is 0.577. The van der Waals surface area contributed by atoms with Gasteiger partial charge >= 0.3 is 0 Å². The molecule has 1 heterocycles. The lowest BCUT2D eigenvalue weighted by Crippen LogP contribution is -2.46. The van der Waals surface area contributed by atoms with E-state index in [2.05, 4.69) is 34.2 Å². The number of hydrogen-bond donors (Lipinski definition) is 1. The molecule has 5 nitrogen and oxygen atoms in total. The molecule has 0 aromatic heterocycles. The maximum Gasteiger partial charge on any atom is 0.255 e. The van der Waals surface area contributed by atoms with E-state index in [4.69, 9.17) is 4.74 Å². The summed E-state index contributed by atoms with van der Waals surface area (Å²) in [5, 5.41) is 2.96. The van der Waals surface area contributed by atoms with Crippen LogP contribution in [0.15, 0.2) is 48.5 Å². The third-order valence-electron chi connectivity index (χ3n) is 4.78. The van der Waals surface area contributed by atoms with Crippen LogP contribution in [-0.2, 0) is 0 Å². The van der Waals surface area contributed by atoms with Gasteiger partial charge in [0.25, 0.3) is 5.91 Å². The molecule has 144 valence electrons. The molecular formula is C22H29N3O2. The van der Waals surface area contributed by atoms with Crippen molar-refractivity contribution in [3.8, 4) is 5.75 Å². The number of benzene rings is 2. The van der Waals surface area contributed by atoms with Crippen molar-refractivity contribution >= 4 is 17.3 Å². The van der Waals surface area contributed by atoms with Gasteiger partial charge in [-0.3, -0.25) is 4.79 Å². The Kier molecular flexibility index (Phi) is 6.35. The lowest BCUT2D eigenvalue weighted by molar-refractivity contribution is 0.102. The minimum atomic E-state index is -0.131. The second kappa shape index (κ2) is 8.91. The third-order valence-corrected chi connectivity index (χ3v) is 4.78. The highest BCUT2D eigenvalue weighted by Gasteiger charge is 2.16. The van der Waals surface area contributed by atoms with Gasteiger partial charge in [0.15, 0.2) is 0 Å². The van der Waals surface area contributed by atoms with Crippen molar-refractivity contribution in [2.45, 2.75) is 26.9 Å². The van der Waals surface area contributed by atoms with Crippen LogP contribution in [0.2, 0.25) is 0 Å². The molecule has 0 saturated carbocycles. The Balaban J connectivity index is 1.60. The standard InChI is InChI=1S/C22H29N3O2/c1-4-24-12-14-25(15-13-24)20-10-8-19(9-11-20)23-22(26)18-6-5-7-21(16-18)27-17(2)3/h5-11,16-17H,4,12-15H2,1-3H3,(H,23,26). The molecule has 3 rings (SSSR count). The lowest BCUT2D eigenvalue weighted by Gasteiger charge is -2.35. The van der Waals surface area contributed by atoms with Crippen molar-refractivity contribution in [1.82, 2.24) is 4.90 Å². The monoisotopic (exact) mass is 367 g/mol. The van der Waals surface area contributed by atoms with Gasteiger partial charge in [-0.05, 0) is 62.9 Å². The molecule has 1 N–H and O–H groups in total. The van der Waals surface area contributed by atoms with E-state index in [1.54, 1.807) is 12.1 Å². The van der Waals surface area contributed by atoms with Crippen LogP contribution in [0.3, 0.4) is 0 Å². The van der Waals surface area contributed by atoms with Gasteiger partial charge in [-0.1, -0.05) is 13.0 Å². The fraction of sp³-hybridized carbons (Fsp3) is 0.409. The Morgan fingerprint density at radius 1 is 1.07 bits per heavy atom. The summed E-state index contributed by atoms with van der Waals surface area (Å²) in [6.07, 6.45) is 0.0787. The molecule has 1 aliphatic rings. The molecule has 0 atom stereocenters. The van der Waals surface area contributed by atoms with Gasteiger partial charge in [0, 0.05) is 43.1 Å². The minimum absolute atomic E-state index is 0.0787. The molecule has 0 bridgehead atoms. The highest BCUT2D eigenvalue weighted by Crippen LogP contribution is 2.21. The van der Waals surface area contributed by atoms with Gasteiger partial charge in [-0.25, -0.2) is 0 Å². The van der Waals surface area contributed by atoms with Gasteiger partial charge in [-0.15, -0.1) is 0 Å². The summed E-state index contributed by atoms with van der Waals surface area (Å²) in [6.45, 7) is 11.5. The molecule has 0 radical (unpaired) electrons. The van der Waals surface area contributed by atoms with Crippen LogP contribution in [0, 0.1) is 0 Å². The van der Waals surface area contributed by atoms with E-state index in [0.717, 1.165) is 38.4 Å². The van der Waals surface area contributed by atoms with Gasteiger partial charge in [-0.2, -0.15) is 0 Å². The van der Waals surface area contributed by atoms with E-state index in [1.807, 2.05) is 38.1 Å². The molecule has 1 saturated heterocycles. The highest BCUT2D eigenvalue weighted by atomic mass is 16.5. The molecular weight excluding hydrogens is 338 g/mol. The average molecular weight is 367 g/mol. The van der Waals surface area contributed by atoms with Gasteiger partial charge in [0.1, 0.15) is 5.75 Å². The predicted molar refractivity (Wildman–Crippen MR) is 111 cm³/mol. The number of likely N-dealkylation sites (N-methyl/N-ethyl adjacent to an activating group) is 1. The Morgan fingerprint density at radius 2 is 1.78 bits per heavy atom. The fourth-order valence-electron chi connectivity index (χ4n) is 3.26. The Bertz CT molecular complexity index is 750. The lowest BCUT2D eigenvalue weighted by atomic mass is 10.2. The summed E-state index contributed by atoms with van der Waals surface area (Å²) in [6, 6.07) is 15.4. The first kappa shape index (κ1) is 19.2. The van der Waals surface area contributed by atoms with Crippen molar-refractivity contribution < 1.29 is 9.53 Å². The molecule has 2 aromatic carbocycles. The van der Waals surface area contributed by atoms with Crippen molar-refractivity contribution in [1.29, 1.82) is 0 Å². The zero-order valence-electron chi connectivity index (χ0n) is 16.4. The Morgan fingerprint density at radius 3 is 2.41 bits per heavy atom. The quantitative estimate of drug-likeness (QED) is 0.842. The number of nitrogens with one attached hydrogen (secondary N) is 1. The molecule has 2 aromatic rings. The van der Waals surface area contributed by atoms with E-state index in [1.165, 1.54) is 5.69 Å². The topological polar surface area (TPSA) is 44.8 Å². The van der Waals surface area contributed by atoms with Crippen LogP contribution in [0.1, 0.15) is 31.1 Å². The van der Waals surface area contributed by atoms with Crippen LogP contribution >= 0.6 is 0 Å². The molecule has 27 heavy (non-hydrogen) atoms. The highest BCUT2D eigenvalue weighted by molar-refractivity contribution is 6.04. The van der Waals surface area contributed by atoms with Crippen LogP contribution < -0.4 is 15.0 Å². The van der Waals surface area contributed by atoms with E-state index < -0.39 is 0 Å². The number of ether oxygens (including phenoxy) is 1. The largest absolute Gasteiger partial charge is 0.491 e. The summed E-state index contributed by atoms with van der Waals surface area (Å²) in [4.78, 5) is 17.4. The van der Waals surface area contributed by atoms with Crippen molar-refractivity contribution in [2.24, 2.45) is 0 Å². The van der Waals surface area contributed by atoms with Crippen LogP contribution in [0.5, 0.6) is 5.75 Å². The first-order valence-corrected chi connectivity index (χ1v) is 9.70. The van der Waals surface area contributed by atoms with Crippen molar-refractivity contribution in [2.75, 3.05) is 42.9 Å². The van der Waals surface area contributed by atoms with Crippen molar-refractivity contribution in [3.05, 3.63) is 54.1 Å². The first-order chi connectivity index (χ1) is 13.0. The number of piperazine rings is 1. The smallest absolute Gasteiger partial charge is 0.255 e. The van der Waals surface area contributed by atoms with Crippen LogP contribution in [0.25, 0.3) is 0 Å². The number of hydrogen-bond acceptors (Lipinski definition) is 4. The van der Waals surface area contributed by atoms with Crippen LogP contribution in [0.4, 0.5) is 11.4 Å². The van der Waals surface area contributed by atoms with Crippen molar-refractivity contribution in [3.63, 3.8) is 0 Å². The number of anilines is 2. The van der Waals surface area contributed by atoms with Crippen LogP contribution in [-0.4, -0.2) is 49.6 Å². The maximum atomic E-state index is 12.5. The molecule has 1 aliphatic heterocycles. The molecule has 5 heteroatoms. The zero-order valence-corrected chi connectivity index (χ0v) is 16.4. The number of carbonyl (C=O) groups excluding carboxylic acids is 1. The molecule has 1 fully saturated rings. The Hall–Kier alpha value is -2.53. The Labute approximate surface area is 161 Å². The SMILES string of the molecule is CCN1CCN(c2ccc(NC(=O)c3cccc(OC(C)C)c3)cc2)CC1.